The summed E-state index contributed by atoms with van der Waals surface area (Å²) in [5.41, 5.74) is 3.09. The van der Waals surface area contributed by atoms with Crippen molar-refractivity contribution >= 4 is 11.6 Å². The number of hydrogen-bond donors (Lipinski definition) is 2. The zero-order chi connectivity index (χ0) is 20.9. The second-order valence-corrected chi connectivity index (χ2v) is 8.43. The average molecular weight is 409 g/mol. The van der Waals surface area contributed by atoms with Crippen LogP contribution in [0.25, 0.3) is 5.65 Å². The van der Waals surface area contributed by atoms with Gasteiger partial charge in [0.1, 0.15) is 0 Å². The Hall–Kier alpha value is -2.67. The molecule has 1 aliphatic heterocycles. The van der Waals surface area contributed by atoms with Gasteiger partial charge in [-0.3, -0.25) is 0 Å². The van der Waals surface area contributed by atoms with Crippen LogP contribution in [0.1, 0.15) is 63.1 Å². The van der Waals surface area contributed by atoms with Gasteiger partial charge in [-0.2, -0.15) is 19.6 Å². The first-order valence-electron chi connectivity index (χ1n) is 11.0. The monoisotopic (exact) mass is 408 g/mol. The number of anilines is 1. The fourth-order valence-corrected chi connectivity index (χ4v) is 3.95. The molecular formula is C23H32N6O. The lowest BCUT2D eigenvalue weighted by atomic mass is 9.95. The van der Waals surface area contributed by atoms with Gasteiger partial charge in [0, 0.05) is 5.56 Å². The highest BCUT2D eigenvalue weighted by molar-refractivity contribution is 5.53. The molecule has 1 saturated heterocycles. The van der Waals surface area contributed by atoms with Gasteiger partial charge < -0.3 is 15.4 Å². The van der Waals surface area contributed by atoms with Gasteiger partial charge in [-0.05, 0) is 56.7 Å². The minimum absolute atomic E-state index is 0.0820. The Morgan fingerprint density at radius 3 is 2.63 bits per heavy atom. The van der Waals surface area contributed by atoms with Crippen LogP contribution in [0.3, 0.4) is 0 Å². The lowest BCUT2D eigenvalue weighted by Crippen LogP contribution is -2.28. The van der Waals surface area contributed by atoms with Crippen LogP contribution in [0.15, 0.2) is 36.5 Å². The van der Waals surface area contributed by atoms with Gasteiger partial charge in [-0.15, -0.1) is 0 Å². The fourth-order valence-electron chi connectivity index (χ4n) is 3.95. The summed E-state index contributed by atoms with van der Waals surface area (Å²) >= 11 is 0. The molecule has 7 heteroatoms. The quantitative estimate of drug-likeness (QED) is 0.582. The third-order valence-corrected chi connectivity index (χ3v) is 5.86. The maximum absolute atomic E-state index is 6.03. The molecule has 160 valence electrons. The summed E-state index contributed by atoms with van der Waals surface area (Å²) in [5, 5.41) is 11.5. The molecule has 4 rings (SSSR count). The second-order valence-electron chi connectivity index (χ2n) is 8.43. The van der Waals surface area contributed by atoms with E-state index in [0.717, 1.165) is 30.7 Å². The molecule has 0 amide bonds. The molecule has 1 fully saturated rings. The van der Waals surface area contributed by atoms with E-state index in [2.05, 4.69) is 53.6 Å². The molecule has 2 aromatic heterocycles. The van der Waals surface area contributed by atoms with E-state index in [0.29, 0.717) is 30.4 Å². The number of ether oxygens (including phenoxy) is 1. The Kier molecular flexibility index (Phi) is 6.47. The first kappa shape index (κ1) is 20.6. The van der Waals surface area contributed by atoms with Gasteiger partial charge >= 0.3 is 6.01 Å². The number of hydrogen-bond acceptors (Lipinski definition) is 6. The molecule has 0 saturated carbocycles. The normalized spacial score (nSPS) is 16.1. The van der Waals surface area contributed by atoms with Crippen molar-refractivity contribution in [1.29, 1.82) is 0 Å². The maximum Gasteiger partial charge on any atom is 0.321 e. The second kappa shape index (κ2) is 9.43. The van der Waals surface area contributed by atoms with Crippen molar-refractivity contribution in [3.8, 4) is 6.01 Å². The van der Waals surface area contributed by atoms with Gasteiger partial charge in [0.05, 0.1) is 18.8 Å². The number of rotatable bonds is 8. The number of nitrogens with zero attached hydrogens (tertiary/aromatic N) is 4. The molecule has 2 N–H and O–H groups in total. The van der Waals surface area contributed by atoms with Crippen LogP contribution in [-0.2, 0) is 0 Å². The van der Waals surface area contributed by atoms with E-state index in [1.54, 1.807) is 4.52 Å². The van der Waals surface area contributed by atoms with Crippen molar-refractivity contribution in [1.82, 2.24) is 24.9 Å². The Bertz CT molecular complexity index is 949. The minimum Gasteiger partial charge on any atom is -0.463 e. The van der Waals surface area contributed by atoms with E-state index in [9.17, 15) is 0 Å². The van der Waals surface area contributed by atoms with Crippen LogP contribution >= 0.6 is 0 Å². The Morgan fingerprint density at radius 2 is 1.90 bits per heavy atom. The summed E-state index contributed by atoms with van der Waals surface area (Å²) in [6, 6.07) is 10.8. The van der Waals surface area contributed by atoms with Crippen molar-refractivity contribution in [2.24, 2.45) is 5.92 Å². The molecule has 1 aromatic carbocycles. The van der Waals surface area contributed by atoms with Crippen LogP contribution in [0, 0.1) is 5.92 Å². The first-order valence-corrected chi connectivity index (χ1v) is 11.0. The van der Waals surface area contributed by atoms with Crippen molar-refractivity contribution in [2.75, 3.05) is 25.0 Å². The Labute approximate surface area is 178 Å². The molecule has 7 nitrogen and oxygen atoms in total. The molecule has 1 aliphatic rings. The molecule has 3 heterocycles. The molecule has 30 heavy (non-hydrogen) atoms. The molecular weight excluding hydrogens is 376 g/mol. The molecule has 1 atom stereocenters. The van der Waals surface area contributed by atoms with Crippen molar-refractivity contribution < 1.29 is 4.74 Å². The van der Waals surface area contributed by atoms with Gasteiger partial charge in [0.2, 0.25) is 5.95 Å². The SMILES string of the molecule is CC(C)c1cnn2c(NC(C)c3ccccc3)nc(OCCC3CCNCC3)nc12. The zero-order valence-electron chi connectivity index (χ0n) is 18.1. The highest BCUT2D eigenvalue weighted by Crippen LogP contribution is 2.25. The molecule has 0 aliphatic carbocycles. The van der Waals surface area contributed by atoms with Gasteiger partial charge in [0.15, 0.2) is 5.65 Å². The molecule has 0 bridgehead atoms. The van der Waals surface area contributed by atoms with Gasteiger partial charge in [-0.1, -0.05) is 44.2 Å². The predicted molar refractivity (Wildman–Crippen MR) is 119 cm³/mol. The van der Waals surface area contributed by atoms with Gasteiger partial charge in [-0.25, -0.2) is 0 Å². The third kappa shape index (κ3) is 4.73. The molecule has 1 unspecified atom stereocenters. The largest absolute Gasteiger partial charge is 0.463 e. The highest BCUT2D eigenvalue weighted by atomic mass is 16.5. The van der Waals surface area contributed by atoms with Crippen LogP contribution in [0.2, 0.25) is 0 Å². The number of fused-ring (bicyclic) bond motifs is 1. The summed E-state index contributed by atoms with van der Waals surface area (Å²) < 4.78 is 7.81. The summed E-state index contributed by atoms with van der Waals surface area (Å²) in [7, 11) is 0. The summed E-state index contributed by atoms with van der Waals surface area (Å²) in [6.07, 6.45) is 5.34. The summed E-state index contributed by atoms with van der Waals surface area (Å²) in [5.74, 6) is 1.69. The van der Waals surface area contributed by atoms with Crippen molar-refractivity contribution in [2.45, 2.75) is 52.0 Å². The summed E-state index contributed by atoms with van der Waals surface area (Å²) in [6.45, 7) is 9.26. The van der Waals surface area contributed by atoms with E-state index in [1.807, 2.05) is 24.4 Å². The lowest BCUT2D eigenvalue weighted by Gasteiger charge is -2.22. The minimum atomic E-state index is 0.0820. The van der Waals surface area contributed by atoms with E-state index in [-0.39, 0.29) is 6.04 Å². The Balaban J connectivity index is 1.56. The average Bonchev–Trinajstić information content (AvgIpc) is 3.20. The number of aromatic nitrogens is 4. The molecule has 0 radical (unpaired) electrons. The highest BCUT2D eigenvalue weighted by Gasteiger charge is 2.18. The van der Waals surface area contributed by atoms with Crippen LogP contribution in [0.5, 0.6) is 6.01 Å². The van der Waals surface area contributed by atoms with Gasteiger partial charge in [0.25, 0.3) is 0 Å². The number of piperidine rings is 1. The zero-order valence-corrected chi connectivity index (χ0v) is 18.1. The van der Waals surface area contributed by atoms with E-state index < -0.39 is 0 Å². The predicted octanol–water partition coefficient (Wildman–Crippen LogP) is 4.19. The number of benzene rings is 1. The third-order valence-electron chi connectivity index (χ3n) is 5.86. The first-order chi connectivity index (χ1) is 14.6. The van der Waals surface area contributed by atoms with E-state index in [1.165, 1.54) is 18.4 Å². The van der Waals surface area contributed by atoms with Crippen molar-refractivity contribution in [3.63, 3.8) is 0 Å². The molecule has 3 aromatic rings. The number of nitrogens with one attached hydrogen (secondary N) is 2. The van der Waals surface area contributed by atoms with Crippen molar-refractivity contribution in [3.05, 3.63) is 47.7 Å². The van der Waals surface area contributed by atoms with E-state index in [4.69, 9.17) is 9.72 Å². The fraction of sp³-hybridized carbons (Fsp3) is 0.522. The van der Waals surface area contributed by atoms with Crippen LogP contribution in [0.4, 0.5) is 5.95 Å². The van der Waals surface area contributed by atoms with E-state index >= 15 is 0 Å². The summed E-state index contributed by atoms with van der Waals surface area (Å²) in [4.78, 5) is 9.36. The van der Waals surface area contributed by atoms with Crippen LogP contribution in [-0.4, -0.2) is 39.3 Å². The lowest BCUT2D eigenvalue weighted by molar-refractivity contribution is 0.238. The smallest absolute Gasteiger partial charge is 0.321 e. The topological polar surface area (TPSA) is 76.4 Å². The van der Waals surface area contributed by atoms with Crippen LogP contribution < -0.4 is 15.4 Å². The maximum atomic E-state index is 6.03. The Morgan fingerprint density at radius 1 is 1.13 bits per heavy atom. The standard InChI is InChI=1S/C23H32N6O/c1-16(2)20-15-25-29-21(20)27-23(30-14-11-18-9-12-24-13-10-18)28-22(29)26-17(3)19-7-5-4-6-8-19/h4-8,15-18,24H,9-14H2,1-3H3,(H,26,27,28). The molecule has 0 spiro atoms.